The molecule has 3 aromatic rings. The molecule has 1 aliphatic rings. The van der Waals surface area contributed by atoms with Crippen LogP contribution in [0.4, 0.5) is 5.69 Å². The van der Waals surface area contributed by atoms with Gasteiger partial charge in [-0.1, -0.05) is 6.07 Å². The first kappa shape index (κ1) is 22.0. The minimum atomic E-state index is -1.00. The molecule has 168 valence electrons. The lowest BCUT2D eigenvalue weighted by Crippen LogP contribution is -2.45. The number of hydrogen-bond donors (Lipinski definition) is 2. The van der Waals surface area contributed by atoms with Crippen molar-refractivity contribution in [3.8, 4) is 5.75 Å². The SMILES string of the molecule is CNCCOc1cccc(C(=O)N(C)C[C@@]2(O)CCN(c3ccnc4cccnc34)C2)c1. The predicted molar refractivity (Wildman–Crippen MR) is 124 cm³/mol. The zero-order valence-electron chi connectivity index (χ0n) is 18.5. The number of pyridine rings is 2. The molecule has 8 heteroatoms. The number of likely N-dealkylation sites (N-methyl/N-ethyl adjacent to an activating group) is 2. The van der Waals surface area contributed by atoms with Crippen molar-refractivity contribution in [3.63, 3.8) is 0 Å². The molecule has 32 heavy (non-hydrogen) atoms. The number of rotatable bonds is 8. The number of fused-ring (bicyclic) bond motifs is 1. The molecule has 0 saturated carbocycles. The standard InChI is InChI=1S/C24H29N5O3/c1-25-12-14-32-19-6-3-5-18(15-19)23(30)28(2)16-24(31)9-13-29(17-24)21-8-11-26-20-7-4-10-27-22(20)21/h3-8,10-11,15,25,31H,9,12-14,16-17H2,1-2H3/t24-/m0/s1. The van der Waals surface area contributed by atoms with Crippen molar-refractivity contribution in [2.75, 3.05) is 51.8 Å². The van der Waals surface area contributed by atoms with Gasteiger partial charge in [0, 0.05) is 44.6 Å². The Morgan fingerprint density at radius 2 is 2.12 bits per heavy atom. The van der Waals surface area contributed by atoms with Gasteiger partial charge >= 0.3 is 0 Å². The lowest BCUT2D eigenvalue weighted by Gasteiger charge is -2.29. The van der Waals surface area contributed by atoms with Gasteiger partial charge in [-0.05, 0) is 49.9 Å². The Bertz CT molecular complexity index is 1090. The van der Waals surface area contributed by atoms with Crippen molar-refractivity contribution >= 4 is 22.6 Å². The van der Waals surface area contributed by atoms with Crippen LogP contribution in [-0.2, 0) is 0 Å². The summed E-state index contributed by atoms with van der Waals surface area (Å²) in [5.74, 6) is 0.509. The highest BCUT2D eigenvalue weighted by atomic mass is 16.5. The number of β-amino-alcohol motifs (C(OH)–C–C–N with tert-alkyl or cyclic N) is 1. The number of aromatic nitrogens is 2. The zero-order valence-corrected chi connectivity index (χ0v) is 18.5. The van der Waals surface area contributed by atoms with E-state index in [-0.39, 0.29) is 12.5 Å². The highest BCUT2D eigenvalue weighted by molar-refractivity contribution is 5.94. The number of amides is 1. The zero-order chi connectivity index (χ0) is 22.6. The second-order valence-electron chi connectivity index (χ2n) is 8.24. The summed E-state index contributed by atoms with van der Waals surface area (Å²) in [6, 6.07) is 12.9. The number of nitrogens with zero attached hydrogens (tertiary/aromatic N) is 4. The Hall–Kier alpha value is -3.23. The van der Waals surface area contributed by atoms with Gasteiger partial charge in [0.1, 0.15) is 23.5 Å². The van der Waals surface area contributed by atoms with Gasteiger partial charge in [0.25, 0.3) is 5.91 Å². The van der Waals surface area contributed by atoms with Crippen LogP contribution in [0.2, 0.25) is 0 Å². The molecule has 1 atom stereocenters. The van der Waals surface area contributed by atoms with E-state index in [1.54, 1.807) is 36.5 Å². The van der Waals surface area contributed by atoms with Gasteiger partial charge in [-0.2, -0.15) is 0 Å². The number of carbonyl (C=O) groups excluding carboxylic acids is 1. The van der Waals surface area contributed by atoms with E-state index in [1.165, 1.54) is 0 Å². The molecule has 2 N–H and O–H groups in total. The third-order valence-electron chi connectivity index (χ3n) is 5.73. The lowest BCUT2D eigenvalue weighted by molar-refractivity contribution is 0.0264. The first-order chi connectivity index (χ1) is 15.5. The van der Waals surface area contributed by atoms with Crippen LogP contribution in [0.5, 0.6) is 5.75 Å². The van der Waals surface area contributed by atoms with Gasteiger partial charge in [0.15, 0.2) is 0 Å². The first-order valence-corrected chi connectivity index (χ1v) is 10.8. The fraction of sp³-hybridized carbons (Fsp3) is 0.375. The quantitative estimate of drug-likeness (QED) is 0.523. The van der Waals surface area contributed by atoms with Gasteiger partial charge in [-0.15, -0.1) is 0 Å². The number of aliphatic hydroxyl groups is 1. The summed E-state index contributed by atoms with van der Waals surface area (Å²) in [5, 5.41) is 14.3. The fourth-order valence-corrected chi connectivity index (χ4v) is 4.14. The average Bonchev–Trinajstić information content (AvgIpc) is 3.19. The van der Waals surface area contributed by atoms with Crippen LogP contribution in [0, 0.1) is 0 Å². The molecule has 1 saturated heterocycles. The molecule has 1 fully saturated rings. The Balaban J connectivity index is 1.43. The van der Waals surface area contributed by atoms with Crippen LogP contribution in [0.25, 0.3) is 11.0 Å². The van der Waals surface area contributed by atoms with Crippen LogP contribution in [0.15, 0.2) is 54.9 Å². The molecule has 0 radical (unpaired) electrons. The maximum Gasteiger partial charge on any atom is 0.253 e. The van der Waals surface area contributed by atoms with Gasteiger partial charge in [-0.3, -0.25) is 14.8 Å². The van der Waals surface area contributed by atoms with Crippen LogP contribution in [0.3, 0.4) is 0 Å². The number of carbonyl (C=O) groups is 1. The predicted octanol–water partition coefficient (Wildman–Crippen LogP) is 1.94. The minimum Gasteiger partial charge on any atom is -0.492 e. The maximum absolute atomic E-state index is 13.0. The van der Waals surface area contributed by atoms with Crippen LogP contribution in [0.1, 0.15) is 16.8 Å². The molecular formula is C24H29N5O3. The molecule has 4 rings (SSSR count). The lowest BCUT2D eigenvalue weighted by atomic mass is 10.0. The molecule has 3 heterocycles. The highest BCUT2D eigenvalue weighted by Gasteiger charge is 2.38. The number of nitrogens with one attached hydrogen (secondary N) is 1. The van der Waals surface area contributed by atoms with Crippen molar-refractivity contribution in [2.45, 2.75) is 12.0 Å². The number of anilines is 1. The minimum absolute atomic E-state index is 0.146. The first-order valence-electron chi connectivity index (χ1n) is 10.8. The van der Waals surface area contributed by atoms with Gasteiger partial charge < -0.3 is 25.0 Å². The van der Waals surface area contributed by atoms with E-state index in [2.05, 4.69) is 20.2 Å². The molecule has 0 unspecified atom stereocenters. The van der Waals surface area contributed by atoms with E-state index in [9.17, 15) is 9.90 Å². The second-order valence-corrected chi connectivity index (χ2v) is 8.24. The van der Waals surface area contributed by atoms with E-state index in [0.29, 0.717) is 37.4 Å². The molecule has 1 aromatic carbocycles. The van der Waals surface area contributed by atoms with E-state index in [4.69, 9.17) is 4.74 Å². The number of hydrogen-bond acceptors (Lipinski definition) is 7. The van der Waals surface area contributed by atoms with Crippen molar-refractivity contribution in [1.82, 2.24) is 20.2 Å². The normalized spacial score (nSPS) is 18.2. The van der Waals surface area contributed by atoms with Gasteiger partial charge in [0.05, 0.1) is 17.7 Å². The molecule has 1 aliphatic heterocycles. The summed E-state index contributed by atoms with van der Waals surface area (Å²) in [6.45, 7) is 2.60. The Morgan fingerprint density at radius 1 is 1.25 bits per heavy atom. The Labute approximate surface area is 187 Å². The molecule has 2 aromatic heterocycles. The van der Waals surface area contributed by atoms with E-state index in [0.717, 1.165) is 23.3 Å². The summed E-state index contributed by atoms with van der Waals surface area (Å²) in [4.78, 5) is 25.5. The van der Waals surface area contributed by atoms with E-state index >= 15 is 0 Å². The summed E-state index contributed by atoms with van der Waals surface area (Å²) in [7, 11) is 3.59. The number of ether oxygens (including phenoxy) is 1. The molecule has 0 bridgehead atoms. The second kappa shape index (κ2) is 9.50. The van der Waals surface area contributed by atoms with Crippen molar-refractivity contribution in [3.05, 3.63) is 60.4 Å². The average molecular weight is 436 g/mol. The molecule has 0 spiro atoms. The summed E-state index contributed by atoms with van der Waals surface area (Å²) in [5.41, 5.74) is 2.13. The Kier molecular flexibility index (Phi) is 6.53. The monoisotopic (exact) mass is 435 g/mol. The topological polar surface area (TPSA) is 90.8 Å². The van der Waals surface area contributed by atoms with Crippen LogP contribution >= 0.6 is 0 Å². The van der Waals surface area contributed by atoms with Gasteiger partial charge in [-0.25, -0.2) is 0 Å². The van der Waals surface area contributed by atoms with Gasteiger partial charge in [0.2, 0.25) is 0 Å². The van der Waals surface area contributed by atoms with E-state index in [1.807, 2.05) is 37.4 Å². The van der Waals surface area contributed by atoms with Crippen molar-refractivity contribution < 1.29 is 14.6 Å². The van der Waals surface area contributed by atoms with Crippen LogP contribution in [-0.4, -0.2) is 78.4 Å². The van der Waals surface area contributed by atoms with Crippen LogP contribution < -0.4 is 15.0 Å². The summed E-state index contributed by atoms with van der Waals surface area (Å²) in [6.07, 6.45) is 4.07. The van der Waals surface area contributed by atoms with Crippen molar-refractivity contribution in [2.24, 2.45) is 0 Å². The highest BCUT2D eigenvalue weighted by Crippen LogP contribution is 2.31. The fourth-order valence-electron chi connectivity index (χ4n) is 4.14. The van der Waals surface area contributed by atoms with Crippen molar-refractivity contribution in [1.29, 1.82) is 0 Å². The number of benzene rings is 1. The van der Waals surface area contributed by atoms with E-state index < -0.39 is 5.60 Å². The summed E-state index contributed by atoms with van der Waals surface area (Å²) >= 11 is 0. The largest absolute Gasteiger partial charge is 0.492 e. The Morgan fingerprint density at radius 3 is 2.97 bits per heavy atom. The molecule has 8 nitrogen and oxygen atoms in total. The third-order valence-corrected chi connectivity index (χ3v) is 5.73. The molecular weight excluding hydrogens is 406 g/mol. The third kappa shape index (κ3) is 4.81. The molecule has 1 amide bonds. The maximum atomic E-state index is 13.0. The molecule has 0 aliphatic carbocycles. The smallest absolute Gasteiger partial charge is 0.253 e. The summed E-state index contributed by atoms with van der Waals surface area (Å²) < 4.78 is 5.67.